The van der Waals surface area contributed by atoms with Gasteiger partial charge >= 0.3 is 0 Å². The molecule has 0 saturated carbocycles. The Balaban J connectivity index is 2.28. The van der Waals surface area contributed by atoms with Crippen LogP contribution in [-0.2, 0) is 0 Å². The molecule has 3 N–H and O–H groups in total. The van der Waals surface area contributed by atoms with Gasteiger partial charge in [0.25, 0.3) is 5.91 Å². The summed E-state index contributed by atoms with van der Waals surface area (Å²) in [5.41, 5.74) is 9.25. The SMILES string of the molecule is COc1cc(C(=O)Nc2cc(N)c(C)cc2C)ccc1F. The molecular weight excluding hydrogens is 271 g/mol. The second kappa shape index (κ2) is 5.83. The molecule has 5 heteroatoms. The normalized spacial score (nSPS) is 10.3. The van der Waals surface area contributed by atoms with Crippen molar-refractivity contribution >= 4 is 17.3 Å². The summed E-state index contributed by atoms with van der Waals surface area (Å²) in [6, 6.07) is 7.57. The number of nitrogens with one attached hydrogen (secondary N) is 1. The maximum atomic E-state index is 13.3. The van der Waals surface area contributed by atoms with Gasteiger partial charge in [0.05, 0.1) is 7.11 Å². The number of rotatable bonds is 3. The van der Waals surface area contributed by atoms with Crippen LogP contribution in [0.2, 0.25) is 0 Å². The smallest absolute Gasteiger partial charge is 0.255 e. The molecule has 2 rings (SSSR count). The van der Waals surface area contributed by atoms with Gasteiger partial charge in [-0.2, -0.15) is 0 Å². The van der Waals surface area contributed by atoms with Crippen LogP contribution in [0.15, 0.2) is 30.3 Å². The summed E-state index contributed by atoms with van der Waals surface area (Å²) < 4.78 is 18.2. The van der Waals surface area contributed by atoms with E-state index >= 15 is 0 Å². The molecule has 110 valence electrons. The van der Waals surface area contributed by atoms with Crippen LogP contribution in [0.1, 0.15) is 21.5 Å². The molecule has 2 aromatic rings. The van der Waals surface area contributed by atoms with Crippen LogP contribution in [0, 0.1) is 19.7 Å². The van der Waals surface area contributed by atoms with E-state index in [2.05, 4.69) is 5.32 Å². The first-order valence-electron chi connectivity index (χ1n) is 6.44. The predicted molar refractivity (Wildman–Crippen MR) is 81.2 cm³/mol. The van der Waals surface area contributed by atoms with E-state index < -0.39 is 5.82 Å². The lowest BCUT2D eigenvalue weighted by Gasteiger charge is -2.12. The van der Waals surface area contributed by atoms with Crippen LogP contribution in [0.25, 0.3) is 0 Å². The van der Waals surface area contributed by atoms with Crippen molar-refractivity contribution in [1.82, 2.24) is 0 Å². The summed E-state index contributed by atoms with van der Waals surface area (Å²) in [6.07, 6.45) is 0. The first kappa shape index (κ1) is 14.8. The summed E-state index contributed by atoms with van der Waals surface area (Å²) >= 11 is 0. The first-order chi connectivity index (χ1) is 9.92. The molecule has 0 atom stereocenters. The van der Waals surface area contributed by atoms with Crippen LogP contribution < -0.4 is 15.8 Å². The average molecular weight is 288 g/mol. The highest BCUT2D eigenvalue weighted by Crippen LogP contribution is 2.24. The number of benzene rings is 2. The number of nitrogens with two attached hydrogens (primary N) is 1. The molecule has 0 radical (unpaired) electrons. The van der Waals surface area contributed by atoms with E-state index in [0.717, 1.165) is 11.1 Å². The summed E-state index contributed by atoms with van der Waals surface area (Å²) in [4.78, 5) is 12.2. The predicted octanol–water partition coefficient (Wildman–Crippen LogP) is 3.29. The molecule has 2 aromatic carbocycles. The van der Waals surface area contributed by atoms with Crippen LogP contribution in [0.3, 0.4) is 0 Å². The zero-order chi connectivity index (χ0) is 15.6. The first-order valence-corrected chi connectivity index (χ1v) is 6.44. The van der Waals surface area contributed by atoms with Crippen LogP contribution >= 0.6 is 0 Å². The van der Waals surface area contributed by atoms with E-state index in [4.69, 9.17) is 10.5 Å². The number of nitrogen functional groups attached to an aromatic ring is 1. The number of ether oxygens (including phenoxy) is 1. The lowest BCUT2D eigenvalue weighted by Crippen LogP contribution is -2.13. The second-order valence-electron chi connectivity index (χ2n) is 4.83. The van der Waals surface area contributed by atoms with Gasteiger partial charge in [-0.3, -0.25) is 4.79 Å². The number of carbonyl (C=O) groups is 1. The standard InChI is InChI=1S/C16H17FN2O2/c1-9-6-10(2)14(8-13(9)18)19-16(20)11-4-5-12(17)15(7-11)21-3/h4-8H,18H2,1-3H3,(H,19,20). The lowest BCUT2D eigenvalue weighted by molar-refractivity contribution is 0.102. The van der Waals surface area contributed by atoms with Gasteiger partial charge in [0.1, 0.15) is 0 Å². The fourth-order valence-corrected chi connectivity index (χ4v) is 2.00. The number of halogens is 1. The van der Waals surface area contributed by atoms with Crippen LogP contribution in [0.4, 0.5) is 15.8 Å². The number of anilines is 2. The Labute approximate surface area is 122 Å². The van der Waals surface area contributed by atoms with E-state index in [1.165, 1.54) is 25.3 Å². The topological polar surface area (TPSA) is 64.3 Å². The van der Waals surface area contributed by atoms with Crippen LogP contribution in [0.5, 0.6) is 5.75 Å². The molecule has 0 aromatic heterocycles. The Kier molecular flexibility index (Phi) is 4.12. The maximum absolute atomic E-state index is 13.3. The lowest BCUT2D eigenvalue weighted by atomic mass is 10.1. The third kappa shape index (κ3) is 3.13. The van der Waals surface area contributed by atoms with E-state index in [9.17, 15) is 9.18 Å². The number of hydrogen-bond acceptors (Lipinski definition) is 3. The number of hydrogen-bond donors (Lipinski definition) is 2. The van der Waals surface area contributed by atoms with Gasteiger partial charge in [-0.25, -0.2) is 4.39 Å². The number of amides is 1. The van der Waals surface area contributed by atoms with E-state index in [1.807, 2.05) is 19.9 Å². The van der Waals surface area contributed by atoms with Gasteiger partial charge in [0, 0.05) is 16.9 Å². The van der Waals surface area contributed by atoms with Crippen molar-refractivity contribution in [2.45, 2.75) is 13.8 Å². The van der Waals surface area contributed by atoms with Gasteiger partial charge in [0.15, 0.2) is 11.6 Å². The van der Waals surface area contributed by atoms with Crippen molar-refractivity contribution in [1.29, 1.82) is 0 Å². The molecule has 0 saturated heterocycles. The molecule has 0 fully saturated rings. The van der Waals surface area contributed by atoms with Crippen molar-refractivity contribution in [2.24, 2.45) is 0 Å². The Bertz CT molecular complexity index is 699. The van der Waals surface area contributed by atoms with Gasteiger partial charge in [-0.05, 0) is 49.2 Å². The van der Waals surface area contributed by atoms with E-state index in [1.54, 1.807) is 6.07 Å². The second-order valence-corrected chi connectivity index (χ2v) is 4.83. The highest BCUT2D eigenvalue weighted by molar-refractivity contribution is 6.05. The molecule has 1 amide bonds. The summed E-state index contributed by atoms with van der Waals surface area (Å²) in [7, 11) is 1.35. The van der Waals surface area contributed by atoms with E-state index in [0.29, 0.717) is 16.9 Å². The minimum absolute atomic E-state index is 0.0304. The molecule has 0 aliphatic heterocycles. The van der Waals surface area contributed by atoms with Gasteiger partial charge in [0.2, 0.25) is 0 Å². The number of carbonyl (C=O) groups excluding carboxylic acids is 1. The maximum Gasteiger partial charge on any atom is 0.255 e. The number of methoxy groups -OCH3 is 1. The molecular formula is C16H17FN2O2. The van der Waals surface area contributed by atoms with Crippen molar-refractivity contribution in [3.05, 3.63) is 52.8 Å². The monoisotopic (exact) mass is 288 g/mol. The quantitative estimate of drug-likeness (QED) is 0.852. The highest BCUT2D eigenvalue weighted by atomic mass is 19.1. The fraction of sp³-hybridized carbons (Fsp3) is 0.188. The van der Waals surface area contributed by atoms with Crippen molar-refractivity contribution in [3.8, 4) is 5.75 Å². The molecule has 0 bridgehead atoms. The van der Waals surface area contributed by atoms with Gasteiger partial charge in [-0.1, -0.05) is 6.07 Å². The Morgan fingerprint density at radius 3 is 2.57 bits per heavy atom. The summed E-state index contributed by atoms with van der Waals surface area (Å²) in [5, 5.41) is 2.77. The van der Waals surface area contributed by atoms with Crippen LogP contribution in [-0.4, -0.2) is 13.0 Å². The van der Waals surface area contributed by atoms with Crippen molar-refractivity contribution in [3.63, 3.8) is 0 Å². The third-order valence-corrected chi connectivity index (χ3v) is 3.27. The summed E-state index contributed by atoms with van der Waals surface area (Å²) in [6.45, 7) is 3.78. The van der Waals surface area contributed by atoms with E-state index in [-0.39, 0.29) is 11.7 Å². The molecule has 0 spiro atoms. The number of aryl methyl sites for hydroxylation is 2. The third-order valence-electron chi connectivity index (χ3n) is 3.27. The molecule has 0 heterocycles. The molecule has 0 aliphatic rings. The highest BCUT2D eigenvalue weighted by Gasteiger charge is 2.12. The molecule has 0 aliphatic carbocycles. The van der Waals surface area contributed by atoms with Gasteiger partial charge < -0.3 is 15.8 Å². The minimum Gasteiger partial charge on any atom is -0.494 e. The zero-order valence-corrected chi connectivity index (χ0v) is 12.2. The Hall–Kier alpha value is -2.56. The largest absolute Gasteiger partial charge is 0.494 e. The molecule has 4 nitrogen and oxygen atoms in total. The Morgan fingerprint density at radius 2 is 1.90 bits per heavy atom. The summed E-state index contributed by atoms with van der Waals surface area (Å²) in [5.74, 6) is -0.827. The van der Waals surface area contributed by atoms with Crippen molar-refractivity contribution < 1.29 is 13.9 Å². The molecule has 0 unspecified atom stereocenters. The van der Waals surface area contributed by atoms with Crippen molar-refractivity contribution in [2.75, 3.05) is 18.2 Å². The zero-order valence-electron chi connectivity index (χ0n) is 12.2. The average Bonchev–Trinajstić information content (AvgIpc) is 2.45. The van der Waals surface area contributed by atoms with Gasteiger partial charge in [-0.15, -0.1) is 0 Å². The fourth-order valence-electron chi connectivity index (χ4n) is 2.00. The minimum atomic E-state index is -0.509. The molecule has 21 heavy (non-hydrogen) atoms. The Morgan fingerprint density at radius 1 is 1.19 bits per heavy atom.